The van der Waals surface area contributed by atoms with Gasteiger partial charge in [0.2, 0.25) is 0 Å². The Morgan fingerprint density at radius 2 is 1.66 bits per heavy atom. The number of anilines is 1. The smallest absolute Gasteiger partial charge is 0.258 e. The molecule has 1 aromatic heterocycles. The van der Waals surface area contributed by atoms with Crippen molar-refractivity contribution in [3.8, 4) is 11.4 Å². The Hall–Kier alpha value is -3.26. The number of para-hydroxylation sites is 2. The van der Waals surface area contributed by atoms with Gasteiger partial charge in [-0.2, -0.15) is 0 Å². The number of carbonyl (C=O) groups excluding carboxylic acids is 1. The van der Waals surface area contributed by atoms with Gasteiger partial charge >= 0.3 is 0 Å². The fourth-order valence-corrected chi connectivity index (χ4v) is 5.12. The van der Waals surface area contributed by atoms with Crippen molar-refractivity contribution >= 4 is 33.4 Å². The maximum atomic E-state index is 13.3. The molecule has 35 heavy (non-hydrogen) atoms. The molecular formula is C28H34N6O. The Kier molecular flexibility index (Phi) is 6.81. The van der Waals surface area contributed by atoms with Crippen LogP contribution in [0.25, 0.3) is 33.2 Å². The van der Waals surface area contributed by atoms with Crippen molar-refractivity contribution < 1.29 is 4.79 Å². The number of hydrogen-bond acceptors (Lipinski definition) is 5. The van der Waals surface area contributed by atoms with Gasteiger partial charge in [0.25, 0.3) is 5.91 Å². The van der Waals surface area contributed by atoms with Crippen LogP contribution in [-0.2, 0) is 0 Å². The molecule has 7 nitrogen and oxygen atoms in total. The lowest BCUT2D eigenvalue weighted by Crippen LogP contribution is -2.33. The summed E-state index contributed by atoms with van der Waals surface area (Å²) in [4.78, 5) is 23.4. The number of aromatic nitrogens is 2. The monoisotopic (exact) mass is 470 g/mol. The molecule has 2 heterocycles. The van der Waals surface area contributed by atoms with E-state index in [2.05, 4.69) is 17.1 Å². The third-order valence-corrected chi connectivity index (χ3v) is 7.09. The van der Waals surface area contributed by atoms with Gasteiger partial charge < -0.3 is 27.1 Å². The van der Waals surface area contributed by atoms with Crippen LogP contribution in [-0.4, -0.2) is 41.0 Å². The summed E-state index contributed by atoms with van der Waals surface area (Å²) in [5.41, 5.74) is 22.8. The molecule has 182 valence electrons. The number of hydrogen-bond donors (Lipinski definition) is 4. The number of imidazole rings is 1. The van der Waals surface area contributed by atoms with E-state index in [1.54, 1.807) is 0 Å². The normalized spacial score (nSPS) is 14.8. The number of benzene rings is 3. The molecule has 7 heteroatoms. The quantitative estimate of drug-likeness (QED) is 0.243. The fourth-order valence-electron chi connectivity index (χ4n) is 5.12. The highest BCUT2D eigenvalue weighted by molar-refractivity contribution is 6.26. The Morgan fingerprint density at radius 3 is 2.46 bits per heavy atom. The van der Waals surface area contributed by atoms with E-state index in [9.17, 15) is 4.79 Å². The van der Waals surface area contributed by atoms with Gasteiger partial charge in [0.1, 0.15) is 5.82 Å². The first kappa shape index (κ1) is 23.5. The van der Waals surface area contributed by atoms with E-state index in [1.807, 2.05) is 47.4 Å². The van der Waals surface area contributed by atoms with Crippen molar-refractivity contribution in [3.63, 3.8) is 0 Å². The maximum Gasteiger partial charge on any atom is 0.258 e. The lowest BCUT2D eigenvalue weighted by atomic mass is 10.00. The van der Waals surface area contributed by atoms with Crippen molar-refractivity contribution in [1.82, 2.24) is 9.97 Å². The van der Waals surface area contributed by atoms with Gasteiger partial charge in [-0.1, -0.05) is 30.7 Å². The summed E-state index contributed by atoms with van der Waals surface area (Å²) in [7, 11) is 0. The Balaban J connectivity index is 1.32. The van der Waals surface area contributed by atoms with Gasteiger partial charge in [0, 0.05) is 35.1 Å². The Bertz CT molecular complexity index is 1310. The van der Waals surface area contributed by atoms with E-state index in [0.29, 0.717) is 13.1 Å². The van der Waals surface area contributed by atoms with Crippen LogP contribution < -0.4 is 22.1 Å². The average molecular weight is 471 g/mol. The van der Waals surface area contributed by atoms with Crippen molar-refractivity contribution in [3.05, 3.63) is 60.2 Å². The van der Waals surface area contributed by atoms with Crippen molar-refractivity contribution in [2.45, 2.75) is 50.6 Å². The molecule has 7 N–H and O–H groups in total. The van der Waals surface area contributed by atoms with Gasteiger partial charge in [-0.3, -0.25) is 4.79 Å². The molecule has 0 saturated carbocycles. The molecule has 0 radical (unpaired) electrons. The minimum Gasteiger partial charge on any atom is -0.338 e. The third kappa shape index (κ3) is 4.67. The van der Waals surface area contributed by atoms with E-state index < -0.39 is 0 Å². The number of rotatable bonds is 11. The molecule has 2 atom stereocenters. The van der Waals surface area contributed by atoms with Crippen molar-refractivity contribution in [2.75, 3.05) is 18.0 Å². The lowest BCUT2D eigenvalue weighted by molar-refractivity contribution is 0.0992. The van der Waals surface area contributed by atoms with E-state index >= 15 is 0 Å². The summed E-state index contributed by atoms with van der Waals surface area (Å²) in [5.74, 6) is 0.851. The maximum absolute atomic E-state index is 13.3. The van der Waals surface area contributed by atoms with Crippen LogP contribution in [0.2, 0.25) is 0 Å². The highest BCUT2D eigenvalue weighted by Crippen LogP contribution is 2.41. The van der Waals surface area contributed by atoms with E-state index in [1.165, 1.54) is 0 Å². The molecule has 3 aromatic carbocycles. The number of aromatic amines is 1. The largest absolute Gasteiger partial charge is 0.338 e. The Labute approximate surface area is 205 Å². The van der Waals surface area contributed by atoms with Crippen LogP contribution in [0.3, 0.4) is 0 Å². The van der Waals surface area contributed by atoms with Crippen LogP contribution in [0.1, 0.15) is 48.9 Å². The van der Waals surface area contributed by atoms with Gasteiger partial charge in [0.15, 0.2) is 0 Å². The molecule has 2 unspecified atom stereocenters. The molecule has 0 aliphatic carbocycles. The molecule has 5 rings (SSSR count). The van der Waals surface area contributed by atoms with Crippen LogP contribution >= 0.6 is 0 Å². The lowest BCUT2D eigenvalue weighted by Gasteiger charge is -2.21. The number of amides is 1. The summed E-state index contributed by atoms with van der Waals surface area (Å²) in [6.07, 6.45) is 5.56. The van der Waals surface area contributed by atoms with E-state index in [-0.39, 0.29) is 18.0 Å². The summed E-state index contributed by atoms with van der Waals surface area (Å²) in [5, 5.41) is 2.02. The molecular weight excluding hydrogens is 436 g/mol. The third-order valence-electron chi connectivity index (χ3n) is 7.09. The van der Waals surface area contributed by atoms with E-state index in [0.717, 1.165) is 83.0 Å². The standard InChI is InChI=1S/C28H34N6O/c29-16-4-3-6-18(30)11-12-19(31)15-17-34-25-14-13-21(20-7-5-8-22(26(20)25)28(34)35)27-32-23-9-1-2-10-24(23)33-27/h1-2,5,7-10,13-14,18-19H,3-4,6,11-12,15-17,29-31H2,(H,32,33). The second-order valence-corrected chi connectivity index (χ2v) is 9.59. The second kappa shape index (κ2) is 10.2. The van der Waals surface area contributed by atoms with Crippen LogP contribution in [0.5, 0.6) is 0 Å². The van der Waals surface area contributed by atoms with Gasteiger partial charge in [-0.15, -0.1) is 0 Å². The molecule has 1 amide bonds. The predicted octanol–water partition coefficient (Wildman–Crippen LogP) is 4.30. The number of H-pyrrole nitrogens is 1. The molecule has 0 bridgehead atoms. The van der Waals surface area contributed by atoms with Crippen LogP contribution in [0.15, 0.2) is 54.6 Å². The van der Waals surface area contributed by atoms with E-state index in [4.69, 9.17) is 22.2 Å². The van der Waals surface area contributed by atoms with Crippen LogP contribution in [0, 0.1) is 0 Å². The highest BCUT2D eigenvalue weighted by Gasteiger charge is 2.31. The molecule has 1 aliphatic rings. The topological polar surface area (TPSA) is 127 Å². The molecule has 1 aliphatic heterocycles. The minimum absolute atomic E-state index is 0.0115. The minimum atomic E-state index is 0.0115. The van der Waals surface area contributed by atoms with Crippen LogP contribution in [0.4, 0.5) is 5.69 Å². The van der Waals surface area contributed by atoms with Gasteiger partial charge in [-0.25, -0.2) is 4.98 Å². The number of unbranched alkanes of at least 4 members (excludes halogenated alkanes) is 1. The number of nitrogens with zero attached hydrogens (tertiary/aromatic N) is 2. The number of carbonyl (C=O) groups is 1. The summed E-state index contributed by atoms with van der Waals surface area (Å²) in [6.45, 7) is 1.31. The highest BCUT2D eigenvalue weighted by atomic mass is 16.2. The van der Waals surface area contributed by atoms with Gasteiger partial charge in [0.05, 0.1) is 16.7 Å². The number of nitrogens with one attached hydrogen (secondary N) is 1. The second-order valence-electron chi connectivity index (χ2n) is 9.59. The zero-order valence-corrected chi connectivity index (χ0v) is 20.0. The summed E-state index contributed by atoms with van der Waals surface area (Å²) < 4.78 is 0. The first-order valence-electron chi connectivity index (χ1n) is 12.6. The summed E-state index contributed by atoms with van der Waals surface area (Å²) >= 11 is 0. The molecule has 0 fully saturated rings. The van der Waals surface area contributed by atoms with Gasteiger partial charge in [-0.05, 0) is 74.4 Å². The summed E-state index contributed by atoms with van der Waals surface area (Å²) in [6, 6.07) is 18.2. The first-order chi connectivity index (χ1) is 17.1. The zero-order valence-electron chi connectivity index (χ0n) is 20.0. The van der Waals surface area contributed by atoms with Crippen molar-refractivity contribution in [1.29, 1.82) is 0 Å². The molecule has 4 aromatic rings. The molecule has 0 saturated heterocycles. The predicted molar refractivity (Wildman–Crippen MR) is 143 cm³/mol. The zero-order chi connectivity index (χ0) is 24.4. The SMILES string of the molecule is NCCCCC(N)CCC(N)CCN1C(=O)c2cccc3c(-c4nc5ccccc5[nH]4)ccc1c23. The fraction of sp³-hybridized carbons (Fsp3) is 0.357. The number of fused-ring (bicyclic) bond motifs is 1. The molecule has 0 spiro atoms. The first-order valence-corrected chi connectivity index (χ1v) is 12.6. The average Bonchev–Trinajstić information content (AvgIpc) is 3.42. The Morgan fingerprint density at radius 1 is 0.857 bits per heavy atom. The number of nitrogens with two attached hydrogens (primary N) is 3. The van der Waals surface area contributed by atoms with Crippen molar-refractivity contribution in [2.24, 2.45) is 17.2 Å².